The maximum Gasteiger partial charge on any atom is 0.124 e. The highest BCUT2D eigenvalue weighted by molar-refractivity contribution is 5.41. The van der Waals surface area contributed by atoms with Crippen LogP contribution in [0.3, 0.4) is 0 Å². The molecule has 0 aliphatic carbocycles. The van der Waals surface area contributed by atoms with E-state index in [1.165, 1.54) is 0 Å². The summed E-state index contributed by atoms with van der Waals surface area (Å²) >= 11 is 0. The largest absolute Gasteiger partial charge is 0.496 e. The molecule has 0 aliphatic heterocycles. The van der Waals surface area contributed by atoms with E-state index in [0.29, 0.717) is 38.6 Å². The van der Waals surface area contributed by atoms with Gasteiger partial charge in [-0.15, -0.1) is 0 Å². The predicted molar refractivity (Wildman–Crippen MR) is 74.7 cm³/mol. The summed E-state index contributed by atoms with van der Waals surface area (Å²) < 4.78 is 21.1. The van der Waals surface area contributed by atoms with Gasteiger partial charge in [-0.2, -0.15) is 5.26 Å². The minimum Gasteiger partial charge on any atom is -0.496 e. The molecular formula is C15H21NO4. The molecule has 0 aliphatic rings. The van der Waals surface area contributed by atoms with Crippen LogP contribution < -0.4 is 4.74 Å². The van der Waals surface area contributed by atoms with Crippen molar-refractivity contribution in [1.82, 2.24) is 0 Å². The van der Waals surface area contributed by atoms with Crippen LogP contribution in [-0.4, -0.2) is 40.6 Å². The van der Waals surface area contributed by atoms with Gasteiger partial charge in [-0.05, 0) is 24.6 Å². The monoisotopic (exact) mass is 279 g/mol. The Morgan fingerprint density at radius 1 is 1.05 bits per heavy atom. The maximum absolute atomic E-state index is 8.88. The quantitative estimate of drug-likeness (QED) is 0.614. The van der Waals surface area contributed by atoms with Crippen LogP contribution in [0.25, 0.3) is 0 Å². The fraction of sp³-hybridized carbons (Fsp3) is 0.533. The van der Waals surface area contributed by atoms with Crippen molar-refractivity contribution in [2.24, 2.45) is 0 Å². The van der Waals surface area contributed by atoms with Crippen molar-refractivity contribution in [3.8, 4) is 11.8 Å². The summed E-state index contributed by atoms with van der Waals surface area (Å²) in [5.74, 6) is 0.727. The van der Waals surface area contributed by atoms with Gasteiger partial charge in [0.05, 0.1) is 38.6 Å². The van der Waals surface area contributed by atoms with Gasteiger partial charge in [-0.25, -0.2) is 0 Å². The SMILES string of the molecule is COCCCOCCOCc1cc(C#N)ccc1OC. The Morgan fingerprint density at radius 2 is 1.85 bits per heavy atom. The molecule has 0 aromatic heterocycles. The summed E-state index contributed by atoms with van der Waals surface area (Å²) in [6, 6.07) is 7.38. The molecule has 0 amide bonds. The molecule has 1 aromatic carbocycles. The van der Waals surface area contributed by atoms with Crippen LogP contribution in [0.5, 0.6) is 5.75 Å². The first-order chi connectivity index (χ1) is 9.81. The van der Waals surface area contributed by atoms with E-state index < -0.39 is 0 Å². The molecule has 110 valence electrons. The van der Waals surface area contributed by atoms with E-state index in [1.807, 2.05) is 0 Å². The van der Waals surface area contributed by atoms with Crippen LogP contribution in [0.4, 0.5) is 0 Å². The zero-order valence-corrected chi connectivity index (χ0v) is 12.1. The van der Waals surface area contributed by atoms with Gasteiger partial charge in [-0.1, -0.05) is 0 Å². The highest BCUT2D eigenvalue weighted by atomic mass is 16.5. The fourth-order valence-corrected chi connectivity index (χ4v) is 1.67. The van der Waals surface area contributed by atoms with Crippen molar-refractivity contribution < 1.29 is 18.9 Å². The minimum atomic E-state index is 0.403. The normalized spacial score (nSPS) is 10.2. The van der Waals surface area contributed by atoms with Crippen molar-refractivity contribution in [3.63, 3.8) is 0 Å². The molecule has 0 saturated carbocycles. The van der Waals surface area contributed by atoms with E-state index in [2.05, 4.69) is 6.07 Å². The number of nitrogens with zero attached hydrogens (tertiary/aromatic N) is 1. The number of methoxy groups -OCH3 is 2. The lowest BCUT2D eigenvalue weighted by Gasteiger charge is -2.10. The van der Waals surface area contributed by atoms with Gasteiger partial charge in [0.1, 0.15) is 5.75 Å². The Bertz CT molecular complexity index is 428. The Morgan fingerprint density at radius 3 is 2.55 bits per heavy atom. The number of benzene rings is 1. The molecule has 1 rings (SSSR count). The third kappa shape index (κ3) is 6.02. The Hall–Kier alpha value is -1.61. The van der Waals surface area contributed by atoms with E-state index in [4.69, 9.17) is 24.2 Å². The lowest BCUT2D eigenvalue weighted by molar-refractivity contribution is 0.0331. The summed E-state index contributed by atoms with van der Waals surface area (Å²) in [6.07, 6.45) is 0.883. The maximum atomic E-state index is 8.88. The molecule has 5 heteroatoms. The highest BCUT2D eigenvalue weighted by Crippen LogP contribution is 2.20. The first kappa shape index (κ1) is 16.4. The second-order valence-corrected chi connectivity index (χ2v) is 4.15. The first-order valence-electron chi connectivity index (χ1n) is 6.53. The molecule has 0 heterocycles. The Balaban J connectivity index is 2.26. The molecule has 0 bridgehead atoms. The van der Waals surface area contributed by atoms with Crippen LogP contribution in [-0.2, 0) is 20.8 Å². The van der Waals surface area contributed by atoms with Gasteiger partial charge in [0, 0.05) is 25.9 Å². The van der Waals surface area contributed by atoms with Gasteiger partial charge >= 0.3 is 0 Å². The van der Waals surface area contributed by atoms with Gasteiger partial charge in [0.25, 0.3) is 0 Å². The molecular weight excluding hydrogens is 258 g/mol. The van der Waals surface area contributed by atoms with E-state index in [1.54, 1.807) is 32.4 Å². The predicted octanol–water partition coefficient (Wildman–Crippen LogP) is 2.14. The standard InChI is InChI=1S/C15H21NO4/c1-17-6-3-7-19-8-9-20-12-14-10-13(11-16)4-5-15(14)18-2/h4-5,10H,3,6-9,12H2,1-2H3. The van der Waals surface area contributed by atoms with E-state index in [0.717, 1.165) is 17.7 Å². The highest BCUT2D eigenvalue weighted by Gasteiger charge is 2.04. The Labute approximate surface area is 120 Å². The lowest BCUT2D eigenvalue weighted by atomic mass is 10.1. The number of nitriles is 1. The van der Waals surface area contributed by atoms with Crippen molar-refractivity contribution in [2.45, 2.75) is 13.0 Å². The molecule has 0 N–H and O–H groups in total. The van der Waals surface area contributed by atoms with Crippen LogP contribution in [0, 0.1) is 11.3 Å². The molecule has 0 spiro atoms. The molecule has 0 radical (unpaired) electrons. The summed E-state index contributed by atoms with van der Waals surface area (Å²) in [5, 5.41) is 8.88. The molecule has 0 saturated heterocycles. The second kappa shape index (κ2) is 10.2. The van der Waals surface area contributed by atoms with Crippen LogP contribution >= 0.6 is 0 Å². The minimum absolute atomic E-state index is 0.403. The molecule has 20 heavy (non-hydrogen) atoms. The van der Waals surface area contributed by atoms with Crippen molar-refractivity contribution in [2.75, 3.05) is 40.6 Å². The molecule has 0 unspecified atom stereocenters. The fourth-order valence-electron chi connectivity index (χ4n) is 1.67. The summed E-state index contributed by atoms with van der Waals surface area (Å²) in [4.78, 5) is 0. The number of ether oxygens (including phenoxy) is 4. The van der Waals surface area contributed by atoms with Crippen molar-refractivity contribution in [3.05, 3.63) is 29.3 Å². The van der Waals surface area contributed by atoms with E-state index >= 15 is 0 Å². The lowest BCUT2D eigenvalue weighted by Crippen LogP contribution is -2.07. The van der Waals surface area contributed by atoms with Gasteiger partial charge < -0.3 is 18.9 Å². The van der Waals surface area contributed by atoms with Crippen LogP contribution in [0.15, 0.2) is 18.2 Å². The van der Waals surface area contributed by atoms with Crippen LogP contribution in [0.1, 0.15) is 17.5 Å². The van der Waals surface area contributed by atoms with E-state index in [-0.39, 0.29) is 0 Å². The molecule has 0 atom stereocenters. The molecule has 0 fully saturated rings. The molecule has 5 nitrogen and oxygen atoms in total. The molecule has 1 aromatic rings. The third-order valence-corrected chi connectivity index (χ3v) is 2.68. The van der Waals surface area contributed by atoms with Gasteiger partial charge in [-0.3, -0.25) is 0 Å². The second-order valence-electron chi connectivity index (χ2n) is 4.15. The number of rotatable bonds is 10. The summed E-state index contributed by atoms with van der Waals surface area (Å²) in [5.41, 5.74) is 1.46. The summed E-state index contributed by atoms with van der Waals surface area (Å²) in [7, 11) is 3.27. The average molecular weight is 279 g/mol. The van der Waals surface area contributed by atoms with Crippen molar-refractivity contribution in [1.29, 1.82) is 5.26 Å². The van der Waals surface area contributed by atoms with Gasteiger partial charge in [0.15, 0.2) is 0 Å². The van der Waals surface area contributed by atoms with E-state index in [9.17, 15) is 0 Å². The van der Waals surface area contributed by atoms with Gasteiger partial charge in [0.2, 0.25) is 0 Å². The zero-order chi connectivity index (χ0) is 14.6. The first-order valence-corrected chi connectivity index (χ1v) is 6.53. The van der Waals surface area contributed by atoms with Crippen LogP contribution in [0.2, 0.25) is 0 Å². The zero-order valence-electron chi connectivity index (χ0n) is 12.1. The topological polar surface area (TPSA) is 60.7 Å². The summed E-state index contributed by atoms with van der Waals surface area (Å²) in [6.45, 7) is 2.83. The Kier molecular flexibility index (Phi) is 8.40. The number of hydrogen-bond acceptors (Lipinski definition) is 5. The average Bonchev–Trinajstić information content (AvgIpc) is 2.49. The van der Waals surface area contributed by atoms with Crippen molar-refractivity contribution >= 4 is 0 Å². The third-order valence-electron chi connectivity index (χ3n) is 2.68. The number of hydrogen-bond donors (Lipinski definition) is 0. The smallest absolute Gasteiger partial charge is 0.124 e.